The van der Waals surface area contributed by atoms with Crippen LogP contribution >= 0.6 is 8.58 Å². The molecule has 0 aromatic heterocycles. The van der Waals surface area contributed by atoms with E-state index < -0.39 is 6.51 Å². The summed E-state index contributed by atoms with van der Waals surface area (Å²) in [7, 11) is 1.15. The van der Waals surface area contributed by atoms with Gasteiger partial charge in [0.05, 0.1) is 0 Å². The molecule has 10 aliphatic heterocycles. The molecule has 6 unspecified atom stereocenters. The van der Waals surface area contributed by atoms with Crippen molar-refractivity contribution in [2.45, 2.75) is 67.2 Å². The van der Waals surface area contributed by atoms with Gasteiger partial charge in [0.25, 0.3) is 0 Å². The van der Waals surface area contributed by atoms with Crippen LogP contribution in [0.3, 0.4) is 0 Å². The first kappa shape index (κ1) is 14.4. The minimum atomic E-state index is -3.24. The molecule has 10 saturated heterocycles. The number of nitrogens with two attached hydrogens (primary N) is 1. The summed E-state index contributed by atoms with van der Waals surface area (Å²) in [4.78, 5) is 9.76. The van der Waals surface area contributed by atoms with E-state index in [9.17, 15) is 0 Å². The average Bonchev–Trinajstić information content (AvgIpc) is 3.70. The van der Waals surface area contributed by atoms with Crippen molar-refractivity contribution in [3.8, 4) is 11.1 Å². The van der Waals surface area contributed by atoms with Gasteiger partial charge in [0.2, 0.25) is 0 Å². The van der Waals surface area contributed by atoms with Crippen molar-refractivity contribution in [1.29, 1.82) is 0 Å². The predicted octanol–water partition coefficient (Wildman–Crippen LogP) is 6.70. The van der Waals surface area contributed by atoms with Crippen LogP contribution in [0.1, 0.15) is 20.8 Å². The molecule has 2 aromatic carbocycles. The van der Waals surface area contributed by atoms with Crippen molar-refractivity contribution in [3.05, 3.63) is 54.6 Å². The summed E-state index contributed by atoms with van der Waals surface area (Å²) in [5, 5.41) is 1.73. The fourth-order valence-electron chi connectivity index (χ4n) is 21.1. The molecular formula is C26H30FeNP. The molecule has 29 heavy (non-hydrogen) atoms. The maximum absolute atomic E-state index is 4.85. The zero-order valence-electron chi connectivity index (χ0n) is 17.4. The summed E-state index contributed by atoms with van der Waals surface area (Å²) in [6.07, 6.45) is 0. The zero-order chi connectivity index (χ0) is 19.4. The van der Waals surface area contributed by atoms with Crippen LogP contribution in [0, 0.1) is 0 Å². The summed E-state index contributed by atoms with van der Waals surface area (Å²) in [6.45, 7) is 5.19. The van der Waals surface area contributed by atoms with Gasteiger partial charge in [-0.05, 0) is 6.54 Å². The van der Waals surface area contributed by atoms with Crippen molar-refractivity contribution < 1.29 is 6.51 Å². The van der Waals surface area contributed by atoms with Crippen molar-refractivity contribution in [2.24, 2.45) is 5.73 Å². The normalized spacial score (nSPS) is 79.5. The van der Waals surface area contributed by atoms with E-state index in [0.717, 1.165) is 27.8 Å². The zero-order valence-corrected chi connectivity index (χ0v) is 19.5. The molecule has 0 saturated carbocycles. The van der Waals surface area contributed by atoms with E-state index >= 15 is 0 Å². The van der Waals surface area contributed by atoms with Crippen LogP contribution in [0.4, 0.5) is 0 Å². The van der Waals surface area contributed by atoms with E-state index in [1.807, 2.05) is 6.92 Å². The molecule has 6 atom stereocenters. The Hall–Kier alpha value is -0.651. The van der Waals surface area contributed by atoms with Crippen LogP contribution in [0.25, 0.3) is 11.1 Å². The van der Waals surface area contributed by atoms with Crippen molar-refractivity contribution >= 4 is 13.9 Å². The van der Waals surface area contributed by atoms with Gasteiger partial charge >= 0.3 is 146 Å². The number of hydrogen-bond donors (Lipinski definition) is 1. The Morgan fingerprint density at radius 1 is 0.862 bits per heavy atom. The number of benzene rings is 2. The Bertz CT molecular complexity index is 1600. The van der Waals surface area contributed by atoms with E-state index in [0.29, 0.717) is 0 Å². The van der Waals surface area contributed by atoms with Gasteiger partial charge in [-0.15, -0.1) is 0 Å². The van der Waals surface area contributed by atoms with Crippen LogP contribution < -0.4 is 11.0 Å². The second kappa shape index (κ2) is 1.78. The molecular weight excluding hydrogens is 413 g/mol. The van der Waals surface area contributed by atoms with Gasteiger partial charge in [-0.1, -0.05) is 6.92 Å². The summed E-state index contributed by atoms with van der Waals surface area (Å²) < 4.78 is 2.86. The Morgan fingerprint density at radius 2 is 1.41 bits per heavy atom. The predicted molar refractivity (Wildman–Crippen MR) is 120 cm³/mol. The van der Waals surface area contributed by atoms with Crippen LogP contribution in [0.15, 0.2) is 54.6 Å². The number of fused-ring (bicyclic) bond motifs is 10. The van der Waals surface area contributed by atoms with Crippen LogP contribution in [0.5, 0.6) is 0 Å². The van der Waals surface area contributed by atoms with Gasteiger partial charge in [0.15, 0.2) is 0 Å². The first-order chi connectivity index (χ1) is 13.8. The van der Waals surface area contributed by atoms with E-state index in [-0.39, 0.29) is 0 Å². The van der Waals surface area contributed by atoms with Crippen molar-refractivity contribution in [3.63, 3.8) is 0 Å². The third-order valence-electron chi connectivity index (χ3n) is 19.0. The van der Waals surface area contributed by atoms with Crippen molar-refractivity contribution in [1.82, 2.24) is 0 Å². The minimum absolute atomic E-state index is 0.750. The second-order valence-corrected chi connectivity index (χ2v) is 39.4. The molecule has 0 aliphatic carbocycles. The summed E-state index contributed by atoms with van der Waals surface area (Å²) in [5.74, 6) is 0. The molecule has 10 aliphatic rings. The monoisotopic (exact) mass is 443 g/mol. The summed E-state index contributed by atoms with van der Waals surface area (Å²) >= 11 is 0. The second-order valence-electron chi connectivity index (χ2n) is 14.0. The third-order valence-corrected chi connectivity index (χ3v) is 71.1. The van der Waals surface area contributed by atoms with Crippen LogP contribution in [-0.4, -0.2) is 10.6 Å². The summed E-state index contributed by atoms with van der Waals surface area (Å²) in [5.41, 5.74) is 7.84. The first-order valence-electron chi connectivity index (χ1n) is 11.6. The summed E-state index contributed by atoms with van der Waals surface area (Å²) in [6, 6.07) is 20.7. The standard InChI is InChI=1S/C19H18P.C5H5.C2H7N.Fe/c1-14-12-13-18(15(14)2)20-19-11-7-6-10-17(19)16-8-4-3-5-9-16;1-2-4-5-3-1;1-2-3;/h3-13,20H,1-2H3;1-5H;2-3H2,1H3;. The van der Waals surface area contributed by atoms with Crippen LogP contribution in [0.2, 0.25) is 42.3 Å². The van der Waals surface area contributed by atoms with Gasteiger partial charge in [-0.2, -0.15) is 0 Å². The van der Waals surface area contributed by atoms with E-state index in [1.165, 1.54) is 39.3 Å². The fraction of sp³-hybridized carbons (Fsp3) is 0.538. The van der Waals surface area contributed by atoms with Crippen LogP contribution in [-0.2, 0) is 6.51 Å². The third kappa shape index (κ3) is 0.244. The van der Waals surface area contributed by atoms with Gasteiger partial charge in [0, 0.05) is 0 Å². The topological polar surface area (TPSA) is 26.0 Å². The molecule has 0 radical (unpaired) electrons. The van der Waals surface area contributed by atoms with Gasteiger partial charge < -0.3 is 5.73 Å². The SMILES string of the molecule is CCN.C[C]12[CH]3[CH]4[C]5(Pc6ccccc6-c6ccccc6)[C]1(C)[Fe]34251678[CH]2[CH]1[CH]6[CH]7[CH]28. The Kier molecular flexibility index (Phi) is 0.884. The molecule has 2 aromatic rings. The molecule has 0 bridgehead atoms. The fourth-order valence-corrected chi connectivity index (χ4v) is 113. The number of hydrogen-bond acceptors (Lipinski definition) is 1. The van der Waals surface area contributed by atoms with E-state index in [1.54, 1.807) is 10.9 Å². The molecule has 10 heterocycles. The first-order valence-corrected chi connectivity index (χ1v) is 18.8. The Balaban J connectivity index is 0.000000403. The molecule has 3 heteroatoms. The molecule has 0 amide bonds. The Labute approximate surface area is 165 Å². The molecule has 2 N–H and O–H groups in total. The van der Waals surface area contributed by atoms with E-state index in [2.05, 4.69) is 68.4 Å². The van der Waals surface area contributed by atoms with Gasteiger partial charge in [-0.25, -0.2) is 0 Å². The van der Waals surface area contributed by atoms with E-state index in [4.69, 9.17) is 5.73 Å². The Morgan fingerprint density at radius 3 is 1.86 bits per heavy atom. The van der Waals surface area contributed by atoms with Gasteiger partial charge in [0.1, 0.15) is 0 Å². The van der Waals surface area contributed by atoms with Gasteiger partial charge in [-0.3, -0.25) is 0 Å². The average molecular weight is 443 g/mol. The molecule has 1 spiro atoms. The quantitative estimate of drug-likeness (QED) is 0.415. The molecule has 12 rings (SSSR count). The molecule has 1 nitrogen and oxygen atoms in total. The number of rotatable bonds is 3. The van der Waals surface area contributed by atoms with Crippen molar-refractivity contribution in [2.75, 3.05) is 6.54 Å². The molecule has 10 fully saturated rings. The maximum atomic E-state index is 4.85. The molecule has 152 valence electrons.